The first-order chi connectivity index (χ1) is 12.6. The van der Waals surface area contributed by atoms with Gasteiger partial charge in [0.25, 0.3) is 0 Å². The van der Waals surface area contributed by atoms with Gasteiger partial charge in [0.05, 0.1) is 18.8 Å². The molecule has 0 spiro atoms. The van der Waals surface area contributed by atoms with Crippen LogP contribution >= 0.6 is 11.8 Å². The van der Waals surface area contributed by atoms with Gasteiger partial charge in [-0.25, -0.2) is 4.79 Å². The Balaban J connectivity index is 1.53. The van der Waals surface area contributed by atoms with Gasteiger partial charge < -0.3 is 24.8 Å². The van der Waals surface area contributed by atoms with Crippen LogP contribution in [0.2, 0.25) is 0 Å². The number of likely N-dealkylation sites (tertiary alicyclic amines) is 1. The molecular formula is C19H26N2O4S. The molecule has 2 amide bonds. The van der Waals surface area contributed by atoms with Crippen LogP contribution in [0.15, 0.2) is 29.2 Å². The van der Waals surface area contributed by atoms with E-state index in [-0.39, 0.29) is 23.9 Å². The highest BCUT2D eigenvalue weighted by Crippen LogP contribution is 2.44. The smallest absolute Gasteiger partial charge is 0.322 e. The Morgan fingerprint density at radius 3 is 2.81 bits per heavy atom. The zero-order chi connectivity index (χ0) is 18.1. The number of nitrogens with zero attached hydrogens (tertiary/aromatic N) is 1. The van der Waals surface area contributed by atoms with E-state index in [4.69, 9.17) is 9.47 Å². The third kappa shape index (κ3) is 3.22. The number of carbonyl (C=O) groups is 1. The van der Waals surface area contributed by atoms with Crippen LogP contribution in [0.5, 0.6) is 0 Å². The lowest BCUT2D eigenvalue weighted by atomic mass is 9.66. The highest BCUT2D eigenvalue weighted by atomic mass is 32.2. The van der Waals surface area contributed by atoms with Crippen LogP contribution < -0.4 is 5.32 Å². The van der Waals surface area contributed by atoms with E-state index < -0.39 is 5.60 Å². The van der Waals surface area contributed by atoms with Gasteiger partial charge in [-0.15, -0.1) is 11.8 Å². The van der Waals surface area contributed by atoms with E-state index in [1.165, 1.54) is 0 Å². The van der Waals surface area contributed by atoms with Crippen LogP contribution in [0.25, 0.3) is 0 Å². The Labute approximate surface area is 158 Å². The van der Waals surface area contributed by atoms with E-state index in [0.29, 0.717) is 39.4 Å². The first kappa shape index (κ1) is 18.1. The van der Waals surface area contributed by atoms with E-state index in [0.717, 1.165) is 17.0 Å². The fourth-order valence-corrected chi connectivity index (χ4v) is 4.97. The summed E-state index contributed by atoms with van der Waals surface area (Å²) in [7, 11) is 0. The van der Waals surface area contributed by atoms with Gasteiger partial charge in [-0.05, 0) is 36.9 Å². The molecule has 6 nitrogen and oxygen atoms in total. The molecule has 3 fully saturated rings. The van der Waals surface area contributed by atoms with Crippen LogP contribution in [0, 0.1) is 11.8 Å². The van der Waals surface area contributed by atoms with Crippen LogP contribution in [0.4, 0.5) is 10.5 Å². The largest absolute Gasteiger partial charge is 0.389 e. The van der Waals surface area contributed by atoms with E-state index in [1.807, 2.05) is 35.4 Å². The average molecular weight is 378 g/mol. The predicted molar refractivity (Wildman–Crippen MR) is 101 cm³/mol. The van der Waals surface area contributed by atoms with E-state index in [2.05, 4.69) is 5.32 Å². The molecular weight excluding hydrogens is 352 g/mol. The molecule has 0 bridgehead atoms. The molecule has 142 valence electrons. The molecule has 0 unspecified atom stereocenters. The van der Waals surface area contributed by atoms with Gasteiger partial charge in [-0.2, -0.15) is 0 Å². The third-order valence-corrected chi connectivity index (χ3v) is 6.80. The number of piperidine rings is 1. The van der Waals surface area contributed by atoms with Gasteiger partial charge in [0, 0.05) is 54.6 Å². The molecule has 3 aliphatic rings. The van der Waals surface area contributed by atoms with Crippen molar-refractivity contribution in [3.63, 3.8) is 0 Å². The summed E-state index contributed by atoms with van der Waals surface area (Å²) in [4.78, 5) is 16.1. The third-order valence-electron chi connectivity index (χ3n) is 6.05. The van der Waals surface area contributed by atoms with Crippen LogP contribution in [0.1, 0.15) is 12.8 Å². The highest BCUT2D eigenvalue weighted by Gasteiger charge is 2.56. The van der Waals surface area contributed by atoms with Crippen molar-refractivity contribution in [2.45, 2.75) is 29.4 Å². The van der Waals surface area contributed by atoms with E-state index in [9.17, 15) is 9.90 Å². The monoisotopic (exact) mass is 378 g/mol. The van der Waals surface area contributed by atoms with Crippen molar-refractivity contribution in [2.75, 3.05) is 44.5 Å². The van der Waals surface area contributed by atoms with Crippen LogP contribution in [0.3, 0.4) is 0 Å². The minimum Gasteiger partial charge on any atom is -0.389 e. The molecule has 3 aliphatic heterocycles. The fourth-order valence-electron chi connectivity index (χ4n) is 4.56. The molecule has 7 heteroatoms. The minimum atomic E-state index is -0.792. The summed E-state index contributed by atoms with van der Waals surface area (Å²) in [5.74, 6) is -0.118. The second-order valence-electron chi connectivity index (χ2n) is 7.36. The van der Waals surface area contributed by atoms with Crippen molar-refractivity contribution in [1.29, 1.82) is 0 Å². The normalized spacial score (nSPS) is 33.9. The molecule has 26 heavy (non-hydrogen) atoms. The van der Waals surface area contributed by atoms with Crippen molar-refractivity contribution in [2.24, 2.45) is 11.8 Å². The number of rotatable bonds is 2. The summed E-state index contributed by atoms with van der Waals surface area (Å²) in [6, 6.07) is 7.76. The molecule has 1 aromatic rings. The second-order valence-corrected chi connectivity index (χ2v) is 8.24. The Morgan fingerprint density at radius 2 is 2.04 bits per heavy atom. The highest BCUT2D eigenvalue weighted by molar-refractivity contribution is 7.98. The molecule has 4 rings (SSSR count). The summed E-state index contributed by atoms with van der Waals surface area (Å²) >= 11 is 1.67. The summed E-state index contributed by atoms with van der Waals surface area (Å²) in [6.45, 7) is 2.72. The lowest BCUT2D eigenvalue weighted by Crippen LogP contribution is -2.69. The summed E-state index contributed by atoms with van der Waals surface area (Å²) in [5.41, 5.74) is -0.00254. The van der Waals surface area contributed by atoms with Gasteiger partial charge in [0.1, 0.15) is 0 Å². The number of urea groups is 1. The molecule has 0 aliphatic carbocycles. The van der Waals surface area contributed by atoms with Crippen molar-refractivity contribution < 1.29 is 19.4 Å². The zero-order valence-electron chi connectivity index (χ0n) is 15.0. The molecule has 4 atom stereocenters. The molecule has 0 saturated carbocycles. The summed E-state index contributed by atoms with van der Waals surface area (Å²) < 4.78 is 11.3. The lowest BCUT2D eigenvalue weighted by molar-refractivity contribution is -0.211. The topological polar surface area (TPSA) is 71.0 Å². The maximum absolute atomic E-state index is 13.0. The fraction of sp³-hybridized carbons (Fsp3) is 0.632. The first-order valence-corrected chi connectivity index (χ1v) is 10.4. The molecule has 3 heterocycles. The molecule has 3 saturated heterocycles. The number of ether oxygens (including phenoxy) is 2. The number of carbonyl (C=O) groups excluding carboxylic acids is 1. The Kier molecular flexibility index (Phi) is 5.14. The van der Waals surface area contributed by atoms with Crippen molar-refractivity contribution in [3.8, 4) is 0 Å². The molecule has 0 radical (unpaired) electrons. The van der Waals surface area contributed by atoms with Crippen molar-refractivity contribution in [1.82, 2.24) is 4.90 Å². The molecule has 1 aromatic carbocycles. The zero-order valence-corrected chi connectivity index (χ0v) is 15.8. The van der Waals surface area contributed by atoms with Crippen LogP contribution in [-0.4, -0.2) is 66.9 Å². The number of thioether (sulfide) groups is 1. The number of nitrogens with one attached hydrogen (secondary N) is 1. The second kappa shape index (κ2) is 7.38. The molecule has 2 N–H and O–H groups in total. The van der Waals surface area contributed by atoms with Gasteiger partial charge >= 0.3 is 6.03 Å². The quantitative estimate of drug-likeness (QED) is 0.774. The molecule has 0 aromatic heterocycles. The number of anilines is 1. The van der Waals surface area contributed by atoms with Crippen molar-refractivity contribution in [3.05, 3.63) is 24.3 Å². The summed E-state index contributed by atoms with van der Waals surface area (Å²) in [6.07, 6.45) is 3.41. The lowest BCUT2D eigenvalue weighted by Gasteiger charge is -2.56. The predicted octanol–water partition coefficient (Wildman–Crippen LogP) is 2.43. The van der Waals surface area contributed by atoms with Crippen LogP contribution in [-0.2, 0) is 9.47 Å². The number of aliphatic hydroxyl groups is 1. The number of benzene rings is 1. The standard InChI is InChI=1S/C19H26N2O4S/c1-26-15-4-2-14(3-5-15)20-18(22)21-10-13-11-25-9-7-19(13,23)16-12-24-8-6-17(16)21/h2-5,13,16-17,23H,6-12H2,1H3,(H,20,22)/t13-,16+,17-,19-/m1/s1. The number of fused-ring (bicyclic) bond motifs is 3. The average Bonchev–Trinajstić information content (AvgIpc) is 2.68. The number of amides is 2. The Bertz CT molecular complexity index is 655. The number of hydrogen-bond acceptors (Lipinski definition) is 5. The first-order valence-electron chi connectivity index (χ1n) is 9.21. The van der Waals surface area contributed by atoms with E-state index >= 15 is 0 Å². The van der Waals surface area contributed by atoms with E-state index in [1.54, 1.807) is 11.8 Å². The minimum absolute atomic E-state index is 0.00794. The van der Waals surface area contributed by atoms with Crippen molar-refractivity contribution >= 4 is 23.5 Å². The maximum atomic E-state index is 13.0. The van der Waals surface area contributed by atoms with Gasteiger partial charge in [0.2, 0.25) is 0 Å². The van der Waals surface area contributed by atoms with Gasteiger partial charge in [-0.3, -0.25) is 0 Å². The number of hydrogen-bond donors (Lipinski definition) is 2. The summed E-state index contributed by atoms with van der Waals surface area (Å²) in [5, 5.41) is 14.3. The SMILES string of the molecule is CSc1ccc(NC(=O)N2C[C@@H]3COCC[C@]3(O)[C@H]3COCC[C@H]32)cc1. The maximum Gasteiger partial charge on any atom is 0.322 e. The van der Waals surface area contributed by atoms with Gasteiger partial charge in [0.15, 0.2) is 0 Å². The Morgan fingerprint density at radius 1 is 1.27 bits per heavy atom. The Hall–Kier alpha value is -1.28. The van der Waals surface area contributed by atoms with Gasteiger partial charge in [-0.1, -0.05) is 0 Å².